The SMILES string of the molecule is Cn1c(C(=O)c2cc3ccccc3n2C)cc2ccccc21. The van der Waals surface area contributed by atoms with Crippen LogP contribution in [0.15, 0.2) is 60.7 Å². The maximum Gasteiger partial charge on any atom is 0.225 e. The van der Waals surface area contributed by atoms with Crippen molar-refractivity contribution < 1.29 is 4.79 Å². The maximum atomic E-state index is 13.0. The number of fused-ring (bicyclic) bond motifs is 2. The Bertz CT molecular complexity index is 938. The molecule has 0 saturated carbocycles. The molecule has 2 heterocycles. The fourth-order valence-electron chi connectivity index (χ4n) is 3.14. The van der Waals surface area contributed by atoms with Crippen LogP contribution in [-0.4, -0.2) is 14.9 Å². The van der Waals surface area contributed by atoms with Crippen LogP contribution >= 0.6 is 0 Å². The Labute approximate surface area is 128 Å². The van der Waals surface area contributed by atoms with Gasteiger partial charge in [0.05, 0.1) is 11.4 Å². The van der Waals surface area contributed by atoms with E-state index in [2.05, 4.69) is 0 Å². The molecule has 4 aromatic rings. The minimum absolute atomic E-state index is 0.0531. The van der Waals surface area contributed by atoms with E-state index < -0.39 is 0 Å². The summed E-state index contributed by atoms with van der Waals surface area (Å²) in [5, 5.41) is 2.18. The molecule has 0 spiro atoms. The summed E-state index contributed by atoms with van der Waals surface area (Å²) in [6.07, 6.45) is 0. The van der Waals surface area contributed by atoms with Crippen LogP contribution in [0.5, 0.6) is 0 Å². The molecule has 0 unspecified atom stereocenters. The molecule has 0 aliphatic heterocycles. The lowest BCUT2D eigenvalue weighted by atomic mass is 10.2. The van der Waals surface area contributed by atoms with Crippen molar-refractivity contribution in [2.75, 3.05) is 0 Å². The van der Waals surface area contributed by atoms with Crippen LogP contribution in [0.2, 0.25) is 0 Å². The van der Waals surface area contributed by atoms with Gasteiger partial charge in [0.25, 0.3) is 0 Å². The average Bonchev–Trinajstić information content (AvgIpc) is 3.06. The van der Waals surface area contributed by atoms with Gasteiger partial charge >= 0.3 is 0 Å². The Hall–Kier alpha value is -2.81. The van der Waals surface area contributed by atoms with Crippen LogP contribution in [-0.2, 0) is 14.1 Å². The number of hydrogen-bond donors (Lipinski definition) is 0. The summed E-state index contributed by atoms with van der Waals surface area (Å²) in [4.78, 5) is 13.0. The van der Waals surface area contributed by atoms with E-state index in [9.17, 15) is 4.79 Å². The Morgan fingerprint density at radius 3 is 1.55 bits per heavy atom. The van der Waals surface area contributed by atoms with Crippen molar-refractivity contribution in [1.82, 2.24) is 9.13 Å². The first-order valence-corrected chi connectivity index (χ1v) is 7.30. The maximum absolute atomic E-state index is 13.0. The quantitative estimate of drug-likeness (QED) is 0.514. The van der Waals surface area contributed by atoms with Gasteiger partial charge in [-0.25, -0.2) is 0 Å². The first-order valence-electron chi connectivity index (χ1n) is 7.30. The van der Waals surface area contributed by atoms with Crippen molar-refractivity contribution in [3.05, 3.63) is 72.1 Å². The highest BCUT2D eigenvalue weighted by Gasteiger charge is 2.19. The molecule has 0 fully saturated rings. The molecule has 0 N–H and O–H groups in total. The smallest absolute Gasteiger partial charge is 0.225 e. The van der Waals surface area contributed by atoms with Crippen LogP contribution in [0, 0.1) is 0 Å². The zero-order valence-electron chi connectivity index (χ0n) is 12.6. The summed E-state index contributed by atoms with van der Waals surface area (Å²) >= 11 is 0. The van der Waals surface area contributed by atoms with E-state index in [1.807, 2.05) is 83.9 Å². The Balaban J connectivity index is 1.92. The van der Waals surface area contributed by atoms with E-state index in [0.29, 0.717) is 11.4 Å². The van der Waals surface area contributed by atoms with E-state index in [1.165, 1.54) is 0 Å². The predicted molar refractivity (Wildman–Crippen MR) is 89.3 cm³/mol. The van der Waals surface area contributed by atoms with Gasteiger partial charge in [-0.1, -0.05) is 36.4 Å². The van der Waals surface area contributed by atoms with E-state index in [1.54, 1.807) is 0 Å². The number of ketones is 1. The lowest BCUT2D eigenvalue weighted by Crippen LogP contribution is -2.11. The van der Waals surface area contributed by atoms with Gasteiger partial charge in [0.1, 0.15) is 0 Å². The molecule has 3 nitrogen and oxygen atoms in total. The molecule has 22 heavy (non-hydrogen) atoms. The van der Waals surface area contributed by atoms with E-state index in [-0.39, 0.29) is 5.78 Å². The van der Waals surface area contributed by atoms with Crippen LogP contribution in [0.4, 0.5) is 0 Å². The number of carbonyl (C=O) groups excluding carboxylic acids is 1. The molecule has 2 aromatic heterocycles. The highest BCUT2D eigenvalue weighted by molar-refractivity contribution is 6.11. The molecular weight excluding hydrogens is 272 g/mol. The first kappa shape index (κ1) is 12.9. The number of aromatic nitrogens is 2. The van der Waals surface area contributed by atoms with Crippen molar-refractivity contribution in [3.8, 4) is 0 Å². The summed E-state index contributed by atoms with van der Waals surface area (Å²) in [5.74, 6) is 0.0531. The van der Waals surface area contributed by atoms with Gasteiger partial charge in [-0.2, -0.15) is 0 Å². The van der Waals surface area contributed by atoms with E-state index in [0.717, 1.165) is 21.8 Å². The zero-order chi connectivity index (χ0) is 15.3. The topological polar surface area (TPSA) is 26.9 Å². The molecule has 0 radical (unpaired) electrons. The van der Waals surface area contributed by atoms with Crippen LogP contribution in [0.3, 0.4) is 0 Å². The highest BCUT2D eigenvalue weighted by atomic mass is 16.1. The minimum atomic E-state index is 0.0531. The third kappa shape index (κ3) is 1.72. The number of aryl methyl sites for hydroxylation is 2. The summed E-state index contributed by atoms with van der Waals surface area (Å²) in [7, 11) is 3.89. The third-order valence-electron chi connectivity index (χ3n) is 4.37. The normalized spacial score (nSPS) is 11.4. The molecule has 2 aromatic carbocycles. The number of para-hydroxylation sites is 2. The van der Waals surface area contributed by atoms with Crippen LogP contribution in [0.25, 0.3) is 21.8 Å². The molecule has 0 bridgehead atoms. The van der Waals surface area contributed by atoms with Crippen LogP contribution in [0.1, 0.15) is 16.2 Å². The molecule has 0 saturated heterocycles. The van der Waals surface area contributed by atoms with Crippen molar-refractivity contribution in [3.63, 3.8) is 0 Å². The van der Waals surface area contributed by atoms with Gasteiger partial charge in [0.2, 0.25) is 5.78 Å². The van der Waals surface area contributed by atoms with Gasteiger partial charge in [-0.05, 0) is 24.3 Å². The molecular formula is C19H16N2O. The second-order valence-electron chi connectivity index (χ2n) is 5.62. The Kier molecular flexibility index (Phi) is 2.70. The van der Waals surface area contributed by atoms with Crippen molar-refractivity contribution in [1.29, 1.82) is 0 Å². The molecule has 0 amide bonds. The predicted octanol–water partition coefficient (Wildman–Crippen LogP) is 3.90. The van der Waals surface area contributed by atoms with Gasteiger partial charge in [0, 0.05) is 35.9 Å². The standard InChI is InChI=1S/C19H16N2O/c1-20-15-9-5-3-7-13(15)11-17(20)19(22)18-12-14-8-4-6-10-16(14)21(18)2/h3-12H,1-2H3. The van der Waals surface area contributed by atoms with Gasteiger partial charge in [-0.15, -0.1) is 0 Å². The molecule has 108 valence electrons. The Morgan fingerprint density at radius 1 is 0.727 bits per heavy atom. The lowest BCUT2D eigenvalue weighted by Gasteiger charge is -2.05. The second-order valence-corrected chi connectivity index (χ2v) is 5.62. The fraction of sp³-hybridized carbons (Fsp3) is 0.105. The van der Waals surface area contributed by atoms with Crippen molar-refractivity contribution >= 4 is 27.6 Å². The minimum Gasteiger partial charge on any atom is -0.341 e. The molecule has 0 aliphatic carbocycles. The largest absolute Gasteiger partial charge is 0.341 e. The van der Waals surface area contributed by atoms with Gasteiger partial charge in [-0.3, -0.25) is 4.79 Å². The van der Waals surface area contributed by atoms with Gasteiger partial charge in [0.15, 0.2) is 0 Å². The zero-order valence-corrected chi connectivity index (χ0v) is 12.6. The van der Waals surface area contributed by atoms with Crippen molar-refractivity contribution in [2.24, 2.45) is 14.1 Å². The molecule has 0 atom stereocenters. The number of nitrogens with zero attached hydrogens (tertiary/aromatic N) is 2. The highest BCUT2D eigenvalue weighted by Crippen LogP contribution is 2.24. The van der Waals surface area contributed by atoms with Crippen molar-refractivity contribution in [2.45, 2.75) is 0 Å². The van der Waals surface area contributed by atoms with Gasteiger partial charge < -0.3 is 9.13 Å². The number of benzene rings is 2. The summed E-state index contributed by atoms with van der Waals surface area (Å²) in [6.45, 7) is 0. The Morgan fingerprint density at radius 2 is 1.14 bits per heavy atom. The fourth-order valence-corrected chi connectivity index (χ4v) is 3.14. The summed E-state index contributed by atoms with van der Waals surface area (Å²) < 4.78 is 3.94. The molecule has 3 heteroatoms. The lowest BCUT2D eigenvalue weighted by molar-refractivity contribution is 0.102. The average molecular weight is 288 g/mol. The van der Waals surface area contributed by atoms with E-state index >= 15 is 0 Å². The monoisotopic (exact) mass is 288 g/mol. The summed E-state index contributed by atoms with van der Waals surface area (Å²) in [6, 6.07) is 20.1. The number of hydrogen-bond acceptors (Lipinski definition) is 1. The first-order chi connectivity index (χ1) is 10.7. The number of carbonyl (C=O) groups is 1. The summed E-state index contributed by atoms with van der Waals surface area (Å²) in [5.41, 5.74) is 3.58. The van der Waals surface area contributed by atoms with Crippen LogP contribution < -0.4 is 0 Å². The third-order valence-corrected chi connectivity index (χ3v) is 4.37. The van der Waals surface area contributed by atoms with E-state index in [4.69, 9.17) is 0 Å². The molecule has 4 rings (SSSR count). The second kappa shape index (κ2) is 4.60. The molecule has 0 aliphatic rings. The number of rotatable bonds is 2.